The van der Waals surface area contributed by atoms with Gasteiger partial charge in [-0.1, -0.05) is 12.8 Å². The maximum atomic E-state index is 10.8. The van der Waals surface area contributed by atoms with E-state index in [4.69, 9.17) is 0 Å². The normalized spacial score (nSPS) is 15.1. The van der Waals surface area contributed by atoms with Gasteiger partial charge in [-0.25, -0.2) is 0 Å². The molecule has 0 saturated heterocycles. The standard InChI is InChI=1S/C10H16N4O2/c1-7-12-10(14(15)16)9(13(7)2)11-6-5-8-3-4-8/h8,11H,3-6H2,1-2H3. The molecule has 0 atom stereocenters. The summed E-state index contributed by atoms with van der Waals surface area (Å²) >= 11 is 0. The van der Waals surface area contributed by atoms with Crippen molar-refractivity contribution >= 4 is 11.6 Å². The first-order valence-corrected chi connectivity index (χ1v) is 5.51. The van der Waals surface area contributed by atoms with Crippen LogP contribution in [-0.4, -0.2) is 21.0 Å². The number of nitro groups is 1. The number of anilines is 1. The monoisotopic (exact) mass is 224 g/mol. The number of hydrogen-bond acceptors (Lipinski definition) is 4. The number of imidazole rings is 1. The van der Waals surface area contributed by atoms with Gasteiger partial charge in [0.1, 0.15) is 0 Å². The molecule has 0 bridgehead atoms. The van der Waals surface area contributed by atoms with Gasteiger partial charge in [-0.15, -0.1) is 0 Å². The molecule has 2 rings (SSSR count). The Bertz CT molecular complexity index is 409. The highest BCUT2D eigenvalue weighted by Gasteiger charge is 2.25. The summed E-state index contributed by atoms with van der Waals surface area (Å²) in [5.74, 6) is 1.92. The quantitative estimate of drug-likeness (QED) is 0.612. The van der Waals surface area contributed by atoms with Gasteiger partial charge >= 0.3 is 5.82 Å². The summed E-state index contributed by atoms with van der Waals surface area (Å²) in [5.41, 5.74) is 0. The van der Waals surface area contributed by atoms with Gasteiger partial charge in [0, 0.05) is 20.5 Å². The maximum absolute atomic E-state index is 10.8. The van der Waals surface area contributed by atoms with Gasteiger partial charge in [-0.05, 0) is 22.2 Å². The predicted molar refractivity (Wildman–Crippen MR) is 60.4 cm³/mol. The van der Waals surface area contributed by atoms with Crippen LogP contribution in [0.5, 0.6) is 0 Å². The Morgan fingerprint density at radius 3 is 2.88 bits per heavy atom. The van der Waals surface area contributed by atoms with Gasteiger partial charge < -0.3 is 15.4 Å². The van der Waals surface area contributed by atoms with Gasteiger partial charge in [0.2, 0.25) is 11.6 Å². The van der Waals surface area contributed by atoms with Crippen LogP contribution in [0.3, 0.4) is 0 Å². The molecule has 0 radical (unpaired) electrons. The first-order valence-electron chi connectivity index (χ1n) is 5.51. The van der Waals surface area contributed by atoms with Crippen LogP contribution in [0, 0.1) is 23.0 Å². The molecule has 1 aromatic heterocycles. The van der Waals surface area contributed by atoms with Crippen molar-refractivity contribution in [3.8, 4) is 0 Å². The molecule has 0 amide bonds. The molecule has 0 aliphatic heterocycles. The summed E-state index contributed by atoms with van der Waals surface area (Å²) in [4.78, 5) is 14.3. The van der Waals surface area contributed by atoms with Crippen LogP contribution in [0.25, 0.3) is 0 Å². The fourth-order valence-corrected chi connectivity index (χ4v) is 1.72. The minimum absolute atomic E-state index is 0.0733. The van der Waals surface area contributed by atoms with Crippen LogP contribution in [0.1, 0.15) is 25.1 Å². The van der Waals surface area contributed by atoms with Gasteiger partial charge in [-0.2, -0.15) is 0 Å². The van der Waals surface area contributed by atoms with Crippen molar-refractivity contribution in [2.75, 3.05) is 11.9 Å². The lowest BCUT2D eigenvalue weighted by molar-refractivity contribution is -0.388. The molecule has 1 aliphatic rings. The summed E-state index contributed by atoms with van der Waals surface area (Å²) in [6, 6.07) is 0. The van der Waals surface area contributed by atoms with Crippen LogP contribution in [0.2, 0.25) is 0 Å². The highest BCUT2D eigenvalue weighted by atomic mass is 16.6. The number of nitrogens with zero attached hydrogens (tertiary/aromatic N) is 3. The zero-order valence-corrected chi connectivity index (χ0v) is 9.56. The van der Waals surface area contributed by atoms with E-state index in [0.29, 0.717) is 11.6 Å². The third-order valence-corrected chi connectivity index (χ3v) is 3.02. The first-order chi connectivity index (χ1) is 7.59. The topological polar surface area (TPSA) is 73.0 Å². The Labute approximate surface area is 93.8 Å². The SMILES string of the molecule is Cc1nc([N+](=O)[O-])c(NCCC2CC2)n1C. The number of nitrogens with one attached hydrogen (secondary N) is 1. The lowest BCUT2D eigenvalue weighted by Crippen LogP contribution is -2.08. The van der Waals surface area contributed by atoms with E-state index in [-0.39, 0.29) is 5.82 Å². The van der Waals surface area contributed by atoms with Crippen molar-refractivity contribution in [2.45, 2.75) is 26.2 Å². The Morgan fingerprint density at radius 2 is 2.31 bits per heavy atom. The molecular formula is C10H16N4O2. The smallest absolute Gasteiger partial charge is 0.364 e. The number of aryl methyl sites for hydroxylation is 1. The van der Waals surface area contributed by atoms with Gasteiger partial charge in [0.25, 0.3) is 0 Å². The Kier molecular flexibility index (Phi) is 2.80. The number of hydrogen-bond donors (Lipinski definition) is 1. The molecule has 1 aliphatic carbocycles. The molecule has 1 saturated carbocycles. The molecule has 1 N–H and O–H groups in total. The highest BCUT2D eigenvalue weighted by molar-refractivity contribution is 5.53. The lowest BCUT2D eigenvalue weighted by atomic mass is 10.3. The number of rotatable bonds is 5. The largest absolute Gasteiger partial charge is 0.406 e. The van der Waals surface area contributed by atoms with Crippen LogP contribution < -0.4 is 5.32 Å². The molecule has 0 unspecified atom stereocenters. The zero-order chi connectivity index (χ0) is 11.7. The third-order valence-electron chi connectivity index (χ3n) is 3.02. The van der Waals surface area contributed by atoms with E-state index < -0.39 is 4.92 Å². The van der Waals surface area contributed by atoms with E-state index in [2.05, 4.69) is 10.3 Å². The van der Waals surface area contributed by atoms with E-state index in [1.165, 1.54) is 12.8 Å². The fourth-order valence-electron chi connectivity index (χ4n) is 1.72. The third kappa shape index (κ3) is 2.15. The maximum Gasteiger partial charge on any atom is 0.406 e. The van der Waals surface area contributed by atoms with Crippen LogP contribution in [-0.2, 0) is 7.05 Å². The second kappa shape index (κ2) is 4.11. The molecule has 6 heteroatoms. The summed E-state index contributed by atoms with van der Waals surface area (Å²) in [7, 11) is 1.79. The molecular weight excluding hydrogens is 208 g/mol. The van der Waals surface area contributed by atoms with Crippen molar-refractivity contribution in [1.82, 2.24) is 9.55 Å². The molecule has 88 valence electrons. The molecule has 0 aromatic carbocycles. The lowest BCUT2D eigenvalue weighted by Gasteiger charge is -2.05. The van der Waals surface area contributed by atoms with Crippen molar-refractivity contribution in [1.29, 1.82) is 0 Å². The molecule has 1 fully saturated rings. The average Bonchev–Trinajstić information content (AvgIpc) is 2.99. The first kappa shape index (κ1) is 10.9. The molecule has 6 nitrogen and oxygen atoms in total. The molecule has 16 heavy (non-hydrogen) atoms. The second-order valence-electron chi connectivity index (χ2n) is 4.31. The van der Waals surface area contributed by atoms with Crippen molar-refractivity contribution < 1.29 is 4.92 Å². The molecule has 1 aromatic rings. The average molecular weight is 224 g/mol. The summed E-state index contributed by atoms with van der Waals surface area (Å²) in [6.45, 7) is 2.55. The van der Waals surface area contributed by atoms with Crippen molar-refractivity contribution in [3.05, 3.63) is 15.9 Å². The van der Waals surface area contributed by atoms with Crippen LogP contribution >= 0.6 is 0 Å². The van der Waals surface area contributed by atoms with Gasteiger partial charge in [0.05, 0.1) is 0 Å². The van der Waals surface area contributed by atoms with Gasteiger partial charge in [-0.3, -0.25) is 4.57 Å². The van der Waals surface area contributed by atoms with E-state index in [9.17, 15) is 10.1 Å². The predicted octanol–water partition coefficient (Wildman–Crippen LogP) is 1.85. The Balaban J connectivity index is 2.06. The van der Waals surface area contributed by atoms with E-state index in [1.807, 2.05) is 0 Å². The Morgan fingerprint density at radius 1 is 1.62 bits per heavy atom. The van der Waals surface area contributed by atoms with Gasteiger partial charge in [0.15, 0.2) is 0 Å². The second-order valence-corrected chi connectivity index (χ2v) is 4.31. The van der Waals surface area contributed by atoms with E-state index in [0.717, 1.165) is 18.9 Å². The van der Waals surface area contributed by atoms with Crippen molar-refractivity contribution in [3.63, 3.8) is 0 Å². The van der Waals surface area contributed by atoms with E-state index in [1.54, 1.807) is 18.5 Å². The van der Waals surface area contributed by atoms with Crippen LogP contribution in [0.4, 0.5) is 11.6 Å². The molecule has 1 heterocycles. The Hall–Kier alpha value is -1.59. The van der Waals surface area contributed by atoms with Crippen LogP contribution in [0.15, 0.2) is 0 Å². The van der Waals surface area contributed by atoms with E-state index >= 15 is 0 Å². The summed E-state index contributed by atoms with van der Waals surface area (Å²) < 4.78 is 1.73. The zero-order valence-electron chi connectivity index (χ0n) is 9.56. The summed E-state index contributed by atoms with van der Waals surface area (Å²) in [6.07, 6.45) is 3.68. The fraction of sp³-hybridized carbons (Fsp3) is 0.700. The number of aromatic nitrogens is 2. The highest BCUT2D eigenvalue weighted by Crippen LogP contribution is 2.32. The minimum atomic E-state index is -0.438. The minimum Gasteiger partial charge on any atom is -0.364 e. The van der Waals surface area contributed by atoms with Crippen molar-refractivity contribution in [2.24, 2.45) is 13.0 Å². The molecule has 0 spiro atoms. The summed E-state index contributed by atoms with van der Waals surface area (Å²) in [5, 5.41) is 13.9.